The molecule has 0 bridgehead atoms. The smallest absolute Gasteiger partial charge is 0.226 e. The Labute approximate surface area is 141 Å². The molecule has 1 aliphatic heterocycles. The summed E-state index contributed by atoms with van der Waals surface area (Å²) >= 11 is 3.55. The molecule has 1 aromatic rings. The van der Waals surface area contributed by atoms with E-state index in [1.807, 2.05) is 30.1 Å². The number of hydrogen-bond donors (Lipinski definition) is 1. The summed E-state index contributed by atoms with van der Waals surface area (Å²) in [6.07, 6.45) is 3.41. The van der Waals surface area contributed by atoms with Crippen molar-refractivity contribution >= 4 is 34.2 Å². The van der Waals surface area contributed by atoms with Crippen molar-refractivity contribution in [2.45, 2.75) is 25.8 Å². The molecule has 0 radical (unpaired) electrons. The molecule has 0 aromatic heterocycles. The molecule has 1 N–H and O–H groups in total. The molecule has 1 aromatic carbocycles. The van der Waals surface area contributed by atoms with Gasteiger partial charge in [-0.2, -0.15) is 0 Å². The van der Waals surface area contributed by atoms with E-state index in [0.29, 0.717) is 17.9 Å². The van der Waals surface area contributed by atoms with Crippen LogP contribution in [-0.2, 0) is 11.3 Å². The van der Waals surface area contributed by atoms with Gasteiger partial charge in [0.1, 0.15) is 0 Å². The van der Waals surface area contributed by atoms with Crippen LogP contribution in [0.2, 0.25) is 0 Å². The van der Waals surface area contributed by atoms with Crippen LogP contribution in [0.3, 0.4) is 0 Å². The number of amides is 1. The summed E-state index contributed by atoms with van der Waals surface area (Å²) < 4.78 is 1.08. The van der Waals surface area contributed by atoms with E-state index < -0.39 is 0 Å². The molecule has 116 valence electrons. The lowest BCUT2D eigenvalue weighted by molar-refractivity contribution is -0.132. The molecule has 2 aliphatic rings. The Bertz CT molecular complexity index is 517. The summed E-state index contributed by atoms with van der Waals surface area (Å²) in [6.45, 7) is 2.82. The molecule has 1 heterocycles. The first-order valence-corrected chi connectivity index (χ1v) is 8.11. The minimum Gasteiger partial charge on any atom is -0.341 e. The van der Waals surface area contributed by atoms with Crippen LogP contribution < -0.4 is 5.32 Å². The minimum atomic E-state index is 0. The first-order chi connectivity index (χ1) is 9.62. The van der Waals surface area contributed by atoms with Gasteiger partial charge < -0.3 is 10.2 Å². The Kier molecular flexibility index (Phi) is 5.33. The number of rotatable bonds is 3. The molecule has 2 fully saturated rings. The molecule has 3 nitrogen and oxygen atoms in total. The van der Waals surface area contributed by atoms with Crippen LogP contribution in [0.5, 0.6) is 0 Å². The van der Waals surface area contributed by atoms with Crippen molar-refractivity contribution in [1.82, 2.24) is 10.2 Å². The van der Waals surface area contributed by atoms with Crippen LogP contribution in [0.25, 0.3) is 0 Å². The monoisotopic (exact) mass is 372 g/mol. The third kappa shape index (κ3) is 3.43. The Morgan fingerprint density at radius 2 is 2.05 bits per heavy atom. The predicted molar refractivity (Wildman–Crippen MR) is 90.5 cm³/mol. The average Bonchev–Trinajstić information content (AvgIpc) is 3.14. The van der Waals surface area contributed by atoms with E-state index in [1.54, 1.807) is 0 Å². The van der Waals surface area contributed by atoms with Crippen LogP contribution in [0.4, 0.5) is 0 Å². The van der Waals surface area contributed by atoms with E-state index >= 15 is 0 Å². The van der Waals surface area contributed by atoms with Crippen molar-refractivity contribution < 1.29 is 4.79 Å². The standard InChI is InChI=1S/C16H21BrN2O.ClH/c1-19(11-12-4-2-3-5-14(12)17)15(20)13-10-16(13)6-8-18-9-7-16;/h2-5,13,18H,6-11H2,1H3;1H. The second-order valence-corrected chi connectivity index (χ2v) is 7.01. The van der Waals surface area contributed by atoms with Crippen molar-refractivity contribution in [2.75, 3.05) is 20.1 Å². The van der Waals surface area contributed by atoms with Gasteiger partial charge in [-0.1, -0.05) is 34.1 Å². The number of benzene rings is 1. The molecule has 1 saturated heterocycles. The molecule has 5 heteroatoms. The van der Waals surface area contributed by atoms with E-state index in [0.717, 1.165) is 36.8 Å². The van der Waals surface area contributed by atoms with Crippen LogP contribution >= 0.6 is 28.3 Å². The second kappa shape index (κ2) is 6.67. The zero-order chi connectivity index (χ0) is 14.2. The molecule has 1 spiro atoms. The van der Waals surface area contributed by atoms with E-state index in [9.17, 15) is 4.79 Å². The van der Waals surface area contributed by atoms with Gasteiger partial charge in [0.2, 0.25) is 5.91 Å². The third-order valence-electron chi connectivity index (χ3n) is 4.83. The summed E-state index contributed by atoms with van der Waals surface area (Å²) in [5, 5.41) is 3.39. The van der Waals surface area contributed by atoms with Gasteiger partial charge >= 0.3 is 0 Å². The molecule has 1 aliphatic carbocycles. The summed E-state index contributed by atoms with van der Waals surface area (Å²) in [5.74, 6) is 0.583. The van der Waals surface area contributed by atoms with Crippen molar-refractivity contribution in [1.29, 1.82) is 0 Å². The van der Waals surface area contributed by atoms with Gasteiger partial charge in [0.25, 0.3) is 0 Å². The van der Waals surface area contributed by atoms with Crippen molar-refractivity contribution in [3.63, 3.8) is 0 Å². The summed E-state index contributed by atoms with van der Waals surface area (Å²) in [4.78, 5) is 14.5. The summed E-state index contributed by atoms with van der Waals surface area (Å²) in [7, 11) is 1.93. The molecular weight excluding hydrogens is 352 g/mol. The molecular formula is C16H22BrClN2O. The van der Waals surface area contributed by atoms with Gasteiger partial charge in [0, 0.05) is 24.0 Å². The van der Waals surface area contributed by atoms with Crippen LogP contribution in [0.15, 0.2) is 28.7 Å². The SMILES string of the molecule is CN(Cc1ccccc1Br)C(=O)C1CC12CCNCC2.Cl. The number of halogens is 2. The molecule has 21 heavy (non-hydrogen) atoms. The van der Waals surface area contributed by atoms with Crippen LogP contribution in [0, 0.1) is 11.3 Å². The molecule has 1 saturated carbocycles. The number of piperidine rings is 1. The summed E-state index contributed by atoms with van der Waals surface area (Å²) in [6, 6.07) is 8.12. The molecule has 1 amide bonds. The minimum absolute atomic E-state index is 0. The predicted octanol–water partition coefficient (Wildman–Crippen LogP) is 3.22. The third-order valence-corrected chi connectivity index (χ3v) is 5.60. The van der Waals surface area contributed by atoms with E-state index in [1.165, 1.54) is 5.56 Å². The second-order valence-electron chi connectivity index (χ2n) is 6.15. The molecule has 3 rings (SSSR count). The quantitative estimate of drug-likeness (QED) is 0.882. The first kappa shape index (κ1) is 16.8. The Morgan fingerprint density at radius 1 is 1.38 bits per heavy atom. The van der Waals surface area contributed by atoms with Gasteiger partial charge in [-0.25, -0.2) is 0 Å². The number of nitrogens with one attached hydrogen (secondary N) is 1. The van der Waals surface area contributed by atoms with Crippen LogP contribution in [-0.4, -0.2) is 30.9 Å². The average molecular weight is 374 g/mol. The zero-order valence-electron chi connectivity index (χ0n) is 12.3. The number of carbonyl (C=O) groups excluding carboxylic acids is 1. The molecule has 1 unspecified atom stereocenters. The lowest BCUT2D eigenvalue weighted by Gasteiger charge is -2.25. The highest BCUT2D eigenvalue weighted by atomic mass is 79.9. The van der Waals surface area contributed by atoms with E-state index in [4.69, 9.17) is 0 Å². The lowest BCUT2D eigenvalue weighted by Crippen LogP contribution is -2.34. The van der Waals surface area contributed by atoms with E-state index in [-0.39, 0.29) is 18.3 Å². The number of hydrogen-bond acceptors (Lipinski definition) is 2. The fraction of sp³-hybridized carbons (Fsp3) is 0.562. The van der Waals surface area contributed by atoms with Crippen molar-refractivity contribution in [3.05, 3.63) is 34.3 Å². The maximum absolute atomic E-state index is 12.6. The van der Waals surface area contributed by atoms with Crippen molar-refractivity contribution in [2.24, 2.45) is 11.3 Å². The van der Waals surface area contributed by atoms with Crippen LogP contribution in [0.1, 0.15) is 24.8 Å². The zero-order valence-corrected chi connectivity index (χ0v) is 14.7. The highest BCUT2D eigenvalue weighted by Crippen LogP contribution is 2.59. The largest absolute Gasteiger partial charge is 0.341 e. The Morgan fingerprint density at radius 3 is 2.71 bits per heavy atom. The first-order valence-electron chi connectivity index (χ1n) is 7.31. The maximum Gasteiger partial charge on any atom is 0.226 e. The molecule has 1 atom stereocenters. The van der Waals surface area contributed by atoms with Gasteiger partial charge in [-0.15, -0.1) is 12.4 Å². The Balaban J connectivity index is 0.00000161. The van der Waals surface area contributed by atoms with Gasteiger partial charge in [0.15, 0.2) is 0 Å². The van der Waals surface area contributed by atoms with Crippen molar-refractivity contribution in [3.8, 4) is 0 Å². The summed E-state index contributed by atoms with van der Waals surface area (Å²) in [5.41, 5.74) is 1.49. The maximum atomic E-state index is 12.6. The fourth-order valence-electron chi connectivity index (χ4n) is 3.40. The van der Waals surface area contributed by atoms with Gasteiger partial charge in [0.05, 0.1) is 0 Å². The lowest BCUT2D eigenvalue weighted by atomic mass is 9.91. The number of carbonyl (C=O) groups is 1. The highest BCUT2D eigenvalue weighted by Gasteiger charge is 2.58. The number of nitrogens with zero attached hydrogens (tertiary/aromatic N) is 1. The topological polar surface area (TPSA) is 32.3 Å². The van der Waals surface area contributed by atoms with E-state index in [2.05, 4.69) is 27.3 Å². The fourth-order valence-corrected chi connectivity index (χ4v) is 3.81. The van der Waals surface area contributed by atoms with Gasteiger partial charge in [-0.05, 0) is 49.4 Å². The van der Waals surface area contributed by atoms with Gasteiger partial charge in [-0.3, -0.25) is 4.79 Å². The normalized spacial score (nSPS) is 22.5. The highest BCUT2D eigenvalue weighted by molar-refractivity contribution is 9.10. The Hall–Kier alpha value is -0.580.